The largest absolute Gasteiger partial charge is 0.309 e. The molecule has 0 fully saturated rings. The van der Waals surface area contributed by atoms with E-state index >= 15 is 0 Å². The standard InChI is InChI=1S/C39H31N3/c1-26-15-6-5-13-23-39(2,3)36-33(26)37-34(29-19-9-12-22-32(29)42(37)28-18-14-24-40-25-28)35-30-20-10-11-21-31(30)41(38(35)36)27-16-7-4-8-17-27/h4-22,24-25H,1,23H2,2-3H3/b13-5-,15-6-. The van der Waals surface area contributed by atoms with E-state index < -0.39 is 0 Å². The molecule has 8 rings (SSSR count). The van der Waals surface area contributed by atoms with Crippen molar-refractivity contribution in [2.45, 2.75) is 25.7 Å². The Hall–Kier alpha value is -5.15. The van der Waals surface area contributed by atoms with Gasteiger partial charge < -0.3 is 9.13 Å². The number of nitrogens with zero attached hydrogens (tertiary/aromatic N) is 3. The van der Waals surface area contributed by atoms with Crippen LogP contribution in [0, 0.1) is 0 Å². The predicted molar refractivity (Wildman–Crippen MR) is 178 cm³/mol. The Kier molecular flexibility index (Phi) is 5.39. The Morgan fingerprint density at radius 1 is 0.690 bits per heavy atom. The van der Waals surface area contributed by atoms with Gasteiger partial charge in [0.1, 0.15) is 0 Å². The van der Waals surface area contributed by atoms with Crippen molar-refractivity contribution in [3.05, 3.63) is 145 Å². The molecule has 7 aromatic rings. The molecular weight excluding hydrogens is 510 g/mol. The maximum absolute atomic E-state index is 4.72. The number of aromatic nitrogens is 3. The van der Waals surface area contributed by atoms with Gasteiger partial charge in [0.05, 0.1) is 34.0 Å². The maximum Gasteiger partial charge on any atom is 0.0645 e. The predicted octanol–water partition coefficient (Wildman–Crippen LogP) is 10.1. The summed E-state index contributed by atoms with van der Waals surface area (Å²) in [6.45, 7) is 9.48. The van der Waals surface area contributed by atoms with Gasteiger partial charge in [-0.3, -0.25) is 4.98 Å². The number of hydrogen-bond donors (Lipinski definition) is 0. The molecule has 3 heteroatoms. The van der Waals surface area contributed by atoms with E-state index in [9.17, 15) is 0 Å². The van der Waals surface area contributed by atoms with Crippen molar-refractivity contribution in [1.29, 1.82) is 0 Å². The lowest BCUT2D eigenvalue weighted by Crippen LogP contribution is -2.20. The van der Waals surface area contributed by atoms with Gasteiger partial charge in [-0.15, -0.1) is 0 Å². The number of fused-ring (bicyclic) bond motifs is 10. The molecule has 1 aliphatic rings. The minimum atomic E-state index is -0.190. The molecule has 1 aliphatic carbocycles. The molecule has 0 N–H and O–H groups in total. The second-order valence-electron chi connectivity index (χ2n) is 11.8. The fraction of sp³-hybridized carbons (Fsp3) is 0.103. The summed E-state index contributed by atoms with van der Waals surface area (Å²) in [4.78, 5) is 4.55. The van der Waals surface area contributed by atoms with E-state index in [1.54, 1.807) is 0 Å². The molecular formula is C39H31N3. The molecule has 4 aromatic carbocycles. The molecule has 42 heavy (non-hydrogen) atoms. The monoisotopic (exact) mass is 541 g/mol. The quantitative estimate of drug-likeness (QED) is 0.213. The van der Waals surface area contributed by atoms with Crippen LogP contribution in [0.4, 0.5) is 0 Å². The van der Waals surface area contributed by atoms with Gasteiger partial charge >= 0.3 is 0 Å². The van der Waals surface area contributed by atoms with Crippen LogP contribution >= 0.6 is 0 Å². The number of rotatable bonds is 2. The highest BCUT2D eigenvalue weighted by molar-refractivity contribution is 6.31. The topological polar surface area (TPSA) is 22.8 Å². The fourth-order valence-electron chi connectivity index (χ4n) is 7.07. The average Bonchev–Trinajstić information content (AvgIpc) is 3.55. The van der Waals surface area contributed by atoms with Gasteiger partial charge in [0.15, 0.2) is 0 Å². The molecule has 0 spiro atoms. The van der Waals surface area contributed by atoms with E-state index in [1.165, 1.54) is 54.7 Å². The van der Waals surface area contributed by atoms with Gasteiger partial charge in [-0.2, -0.15) is 0 Å². The normalized spacial score (nSPS) is 16.4. The SMILES string of the molecule is C=C1/C=C\C=C/CC(C)(C)c2c1c1c(c3ccccc3n1-c1cccnc1)c1c3ccccc3n(-c3ccccc3)c21. The van der Waals surface area contributed by atoms with Gasteiger partial charge in [0, 0.05) is 39.0 Å². The van der Waals surface area contributed by atoms with Crippen molar-refractivity contribution in [3.8, 4) is 11.4 Å². The Morgan fingerprint density at radius 2 is 1.31 bits per heavy atom. The van der Waals surface area contributed by atoms with Gasteiger partial charge in [-0.25, -0.2) is 0 Å². The molecule has 0 amide bonds. The molecule has 0 unspecified atom stereocenters. The maximum atomic E-state index is 4.72. The van der Waals surface area contributed by atoms with Crippen LogP contribution < -0.4 is 0 Å². The number of hydrogen-bond acceptors (Lipinski definition) is 1. The molecule has 0 atom stereocenters. The first kappa shape index (κ1) is 24.6. The summed E-state index contributed by atoms with van der Waals surface area (Å²) in [5.74, 6) is 0. The molecule has 3 aromatic heterocycles. The van der Waals surface area contributed by atoms with Crippen LogP contribution in [0.25, 0.3) is 60.6 Å². The van der Waals surface area contributed by atoms with Crippen molar-refractivity contribution >= 4 is 49.2 Å². The van der Waals surface area contributed by atoms with Crippen LogP contribution in [0.3, 0.4) is 0 Å². The van der Waals surface area contributed by atoms with E-state index in [1.807, 2.05) is 18.5 Å². The number of para-hydroxylation sites is 3. The third-order valence-corrected chi connectivity index (χ3v) is 8.81. The van der Waals surface area contributed by atoms with Crippen LogP contribution in [0.5, 0.6) is 0 Å². The fourth-order valence-corrected chi connectivity index (χ4v) is 7.07. The third kappa shape index (κ3) is 3.43. The first-order valence-electron chi connectivity index (χ1n) is 14.6. The molecule has 0 bridgehead atoms. The second-order valence-corrected chi connectivity index (χ2v) is 11.8. The minimum Gasteiger partial charge on any atom is -0.309 e. The van der Waals surface area contributed by atoms with Crippen molar-refractivity contribution in [2.75, 3.05) is 0 Å². The summed E-state index contributed by atoms with van der Waals surface area (Å²) in [6, 6.07) is 32.6. The lowest BCUT2D eigenvalue weighted by molar-refractivity contribution is 0.537. The van der Waals surface area contributed by atoms with Crippen molar-refractivity contribution in [3.63, 3.8) is 0 Å². The zero-order valence-corrected chi connectivity index (χ0v) is 23.9. The van der Waals surface area contributed by atoms with Crippen molar-refractivity contribution in [2.24, 2.45) is 0 Å². The third-order valence-electron chi connectivity index (χ3n) is 8.81. The average molecular weight is 542 g/mol. The Morgan fingerprint density at radius 3 is 2.00 bits per heavy atom. The van der Waals surface area contributed by atoms with Gasteiger partial charge in [0.25, 0.3) is 0 Å². The van der Waals surface area contributed by atoms with Crippen LogP contribution in [-0.4, -0.2) is 14.1 Å². The second kappa shape index (κ2) is 9.19. The van der Waals surface area contributed by atoms with Crippen molar-refractivity contribution < 1.29 is 0 Å². The molecule has 3 heterocycles. The van der Waals surface area contributed by atoms with E-state index in [0.29, 0.717) is 0 Å². The summed E-state index contributed by atoms with van der Waals surface area (Å²) in [6.07, 6.45) is 13.5. The zero-order chi connectivity index (χ0) is 28.4. The zero-order valence-electron chi connectivity index (χ0n) is 23.9. The molecule has 202 valence electrons. The summed E-state index contributed by atoms with van der Waals surface area (Å²) in [5, 5.41) is 5.03. The Balaban J connectivity index is 1.77. The molecule has 0 aliphatic heterocycles. The summed E-state index contributed by atoms with van der Waals surface area (Å²) >= 11 is 0. The highest BCUT2D eigenvalue weighted by Crippen LogP contribution is 2.51. The summed E-state index contributed by atoms with van der Waals surface area (Å²) in [5.41, 5.74) is 10.4. The highest BCUT2D eigenvalue weighted by Gasteiger charge is 2.34. The molecule has 0 saturated heterocycles. The smallest absolute Gasteiger partial charge is 0.0645 e. The Bertz CT molecular complexity index is 2240. The first-order chi connectivity index (χ1) is 20.6. The van der Waals surface area contributed by atoms with Crippen LogP contribution in [-0.2, 0) is 5.41 Å². The first-order valence-corrected chi connectivity index (χ1v) is 14.6. The van der Waals surface area contributed by atoms with Gasteiger partial charge in [-0.1, -0.05) is 99.3 Å². The van der Waals surface area contributed by atoms with Crippen LogP contribution in [0.1, 0.15) is 31.4 Å². The number of allylic oxidation sites excluding steroid dienone is 5. The van der Waals surface area contributed by atoms with Crippen molar-refractivity contribution in [1.82, 2.24) is 14.1 Å². The Labute approximate surface area is 245 Å². The van der Waals surface area contributed by atoms with Gasteiger partial charge in [0.2, 0.25) is 0 Å². The highest BCUT2D eigenvalue weighted by atomic mass is 15.0. The van der Waals surface area contributed by atoms with E-state index in [0.717, 1.165) is 23.4 Å². The number of pyridine rings is 1. The van der Waals surface area contributed by atoms with E-state index in [2.05, 4.69) is 137 Å². The molecule has 0 radical (unpaired) electrons. The number of benzene rings is 4. The van der Waals surface area contributed by atoms with E-state index in [4.69, 9.17) is 6.58 Å². The molecule has 3 nitrogen and oxygen atoms in total. The van der Waals surface area contributed by atoms with Crippen LogP contribution in [0.2, 0.25) is 0 Å². The lowest BCUT2D eigenvalue weighted by atomic mass is 9.75. The summed E-state index contributed by atoms with van der Waals surface area (Å²) < 4.78 is 4.89. The summed E-state index contributed by atoms with van der Waals surface area (Å²) in [7, 11) is 0. The molecule has 0 saturated carbocycles. The van der Waals surface area contributed by atoms with E-state index in [-0.39, 0.29) is 5.41 Å². The lowest BCUT2D eigenvalue weighted by Gasteiger charge is -2.30. The minimum absolute atomic E-state index is 0.190. The van der Waals surface area contributed by atoms with Gasteiger partial charge in [-0.05, 0) is 59.4 Å². The van der Waals surface area contributed by atoms with Crippen LogP contribution in [0.15, 0.2) is 134 Å².